The minimum Gasteiger partial charge on any atom is -0.333 e. The molecular weight excluding hydrogens is 290 g/mol. The van der Waals surface area contributed by atoms with E-state index in [9.17, 15) is 4.79 Å². The van der Waals surface area contributed by atoms with E-state index in [0.717, 1.165) is 32.4 Å². The summed E-state index contributed by atoms with van der Waals surface area (Å²) in [6.45, 7) is 1.76. The predicted octanol–water partition coefficient (Wildman–Crippen LogP) is 1.85. The summed E-state index contributed by atoms with van der Waals surface area (Å²) in [6.07, 6.45) is 12.7. The highest BCUT2D eigenvalue weighted by Gasteiger charge is 2.37. The third-order valence-electron chi connectivity index (χ3n) is 6.13. The van der Waals surface area contributed by atoms with E-state index in [1.165, 1.54) is 19.3 Å². The number of imidazole rings is 1. The van der Waals surface area contributed by atoms with Gasteiger partial charge in [-0.2, -0.15) is 0 Å². The Morgan fingerprint density at radius 3 is 2.87 bits per heavy atom. The van der Waals surface area contributed by atoms with Crippen LogP contribution in [0.2, 0.25) is 0 Å². The van der Waals surface area contributed by atoms with Crippen molar-refractivity contribution in [3.05, 3.63) is 18.7 Å². The Bertz CT molecular complexity index is 545. The second-order valence-electron chi connectivity index (χ2n) is 7.35. The lowest BCUT2D eigenvalue weighted by atomic mass is 10.1. The number of fused-ring (bicyclic) bond motifs is 2. The summed E-state index contributed by atoms with van der Waals surface area (Å²) in [5.41, 5.74) is 0. The number of urea groups is 1. The summed E-state index contributed by atoms with van der Waals surface area (Å²) < 4.78 is 2.15. The summed E-state index contributed by atoms with van der Waals surface area (Å²) in [5, 5.41) is 3.31. The van der Waals surface area contributed by atoms with Crippen molar-refractivity contribution in [1.82, 2.24) is 24.7 Å². The van der Waals surface area contributed by atoms with Crippen LogP contribution in [0, 0.1) is 0 Å². The van der Waals surface area contributed by atoms with Crippen molar-refractivity contribution in [2.45, 2.75) is 62.7 Å². The Kier molecular flexibility index (Phi) is 4.01. The molecule has 4 rings (SSSR count). The van der Waals surface area contributed by atoms with Gasteiger partial charge in [0.2, 0.25) is 0 Å². The average Bonchev–Trinajstić information content (AvgIpc) is 3.21. The predicted molar refractivity (Wildman–Crippen MR) is 88.2 cm³/mol. The number of amides is 2. The van der Waals surface area contributed by atoms with Crippen LogP contribution >= 0.6 is 0 Å². The molecule has 6 heteroatoms. The van der Waals surface area contributed by atoms with Crippen LogP contribution in [0.3, 0.4) is 0 Å². The molecule has 23 heavy (non-hydrogen) atoms. The molecule has 0 radical (unpaired) electrons. The fourth-order valence-corrected chi connectivity index (χ4v) is 4.67. The molecule has 2 aliphatic heterocycles. The molecule has 1 N–H and O–H groups in total. The minimum absolute atomic E-state index is 0.128. The van der Waals surface area contributed by atoms with Crippen LogP contribution in [0.4, 0.5) is 4.79 Å². The van der Waals surface area contributed by atoms with Crippen molar-refractivity contribution in [1.29, 1.82) is 0 Å². The molecule has 6 nitrogen and oxygen atoms in total. The molecule has 3 heterocycles. The van der Waals surface area contributed by atoms with Crippen molar-refractivity contribution in [3.63, 3.8) is 0 Å². The van der Waals surface area contributed by atoms with E-state index in [1.54, 1.807) is 0 Å². The highest BCUT2D eigenvalue weighted by Crippen LogP contribution is 2.31. The SMILES string of the molecule is CN1[C@H]2CC[C@H]1CN(C(=O)N[C@H]1CCC[C@H]1n1ccnc1)CC2. The van der Waals surface area contributed by atoms with E-state index in [2.05, 4.69) is 26.8 Å². The second-order valence-corrected chi connectivity index (χ2v) is 7.35. The first-order chi connectivity index (χ1) is 11.2. The second kappa shape index (κ2) is 6.15. The molecule has 4 atom stereocenters. The van der Waals surface area contributed by atoms with E-state index < -0.39 is 0 Å². The van der Waals surface area contributed by atoms with Gasteiger partial charge in [0.1, 0.15) is 0 Å². The molecule has 0 spiro atoms. The van der Waals surface area contributed by atoms with Crippen LogP contribution in [0.15, 0.2) is 18.7 Å². The topological polar surface area (TPSA) is 53.4 Å². The van der Waals surface area contributed by atoms with E-state index >= 15 is 0 Å². The number of hydrogen-bond acceptors (Lipinski definition) is 3. The first-order valence-corrected chi connectivity index (χ1v) is 8.97. The normalized spacial score (nSPS) is 34.6. The largest absolute Gasteiger partial charge is 0.333 e. The van der Waals surface area contributed by atoms with Gasteiger partial charge in [-0.1, -0.05) is 0 Å². The summed E-state index contributed by atoms with van der Waals surface area (Å²) in [4.78, 5) is 21.5. The average molecular weight is 317 g/mol. The first kappa shape index (κ1) is 15.0. The molecule has 1 saturated carbocycles. The Hall–Kier alpha value is -1.56. The lowest BCUT2D eigenvalue weighted by molar-refractivity contribution is 0.182. The van der Waals surface area contributed by atoms with Crippen molar-refractivity contribution in [2.24, 2.45) is 0 Å². The van der Waals surface area contributed by atoms with Crippen LogP contribution < -0.4 is 5.32 Å². The number of carbonyl (C=O) groups is 1. The van der Waals surface area contributed by atoms with Gasteiger partial charge in [0.05, 0.1) is 18.4 Å². The molecule has 126 valence electrons. The lowest BCUT2D eigenvalue weighted by Gasteiger charge is -2.29. The molecule has 2 saturated heterocycles. The third kappa shape index (κ3) is 2.84. The van der Waals surface area contributed by atoms with Gasteiger partial charge < -0.3 is 14.8 Å². The molecule has 0 aromatic carbocycles. The van der Waals surface area contributed by atoms with Gasteiger partial charge in [-0.15, -0.1) is 0 Å². The Morgan fingerprint density at radius 2 is 2.04 bits per heavy atom. The van der Waals surface area contributed by atoms with Gasteiger partial charge in [0.25, 0.3) is 0 Å². The molecule has 2 bridgehead atoms. The van der Waals surface area contributed by atoms with E-state index in [1.807, 2.05) is 23.6 Å². The van der Waals surface area contributed by atoms with Crippen molar-refractivity contribution >= 4 is 6.03 Å². The Balaban J connectivity index is 1.39. The van der Waals surface area contributed by atoms with Crippen LogP contribution in [0.5, 0.6) is 0 Å². The van der Waals surface area contributed by atoms with E-state index in [0.29, 0.717) is 18.1 Å². The lowest BCUT2D eigenvalue weighted by Crippen LogP contribution is -2.49. The number of likely N-dealkylation sites (N-methyl/N-ethyl adjacent to an activating group) is 1. The van der Waals surface area contributed by atoms with Crippen LogP contribution in [0.1, 0.15) is 44.6 Å². The monoisotopic (exact) mass is 317 g/mol. The van der Waals surface area contributed by atoms with Gasteiger partial charge in [-0.05, 0) is 45.6 Å². The maximum absolute atomic E-state index is 12.8. The van der Waals surface area contributed by atoms with Crippen LogP contribution in [0.25, 0.3) is 0 Å². The standard InChI is InChI=1S/C17H27N5O/c1-20-13-5-6-14(20)11-21(9-7-13)17(23)19-15-3-2-4-16(15)22-10-8-18-12-22/h8,10,12-16H,2-7,9,11H2,1H3,(H,19,23)/t13-,14-,15-,16+/m0/s1. The molecule has 2 amide bonds. The Labute approximate surface area is 137 Å². The van der Waals surface area contributed by atoms with Crippen molar-refractivity contribution < 1.29 is 4.79 Å². The summed E-state index contributed by atoms with van der Waals surface area (Å²) >= 11 is 0. The molecule has 1 aromatic rings. The quantitative estimate of drug-likeness (QED) is 0.906. The third-order valence-corrected chi connectivity index (χ3v) is 6.13. The van der Waals surface area contributed by atoms with E-state index in [-0.39, 0.29) is 12.1 Å². The molecule has 1 aromatic heterocycles. The summed E-state index contributed by atoms with van der Waals surface area (Å²) in [5.74, 6) is 0. The number of likely N-dealkylation sites (tertiary alicyclic amines) is 1. The maximum atomic E-state index is 12.8. The zero-order chi connectivity index (χ0) is 15.8. The van der Waals surface area contributed by atoms with Crippen molar-refractivity contribution in [3.8, 4) is 0 Å². The Morgan fingerprint density at radius 1 is 1.17 bits per heavy atom. The fourth-order valence-electron chi connectivity index (χ4n) is 4.67. The van der Waals surface area contributed by atoms with Crippen LogP contribution in [-0.2, 0) is 0 Å². The zero-order valence-electron chi connectivity index (χ0n) is 13.9. The van der Waals surface area contributed by atoms with Gasteiger partial charge in [0, 0.05) is 37.6 Å². The number of aromatic nitrogens is 2. The highest BCUT2D eigenvalue weighted by molar-refractivity contribution is 5.74. The van der Waals surface area contributed by atoms with Gasteiger partial charge in [0.15, 0.2) is 0 Å². The zero-order valence-corrected chi connectivity index (χ0v) is 13.9. The number of nitrogens with zero attached hydrogens (tertiary/aromatic N) is 4. The minimum atomic E-state index is 0.128. The number of carbonyl (C=O) groups excluding carboxylic acids is 1. The van der Waals surface area contributed by atoms with E-state index in [4.69, 9.17) is 0 Å². The first-order valence-electron chi connectivity index (χ1n) is 8.97. The van der Waals surface area contributed by atoms with Gasteiger partial charge in [-0.25, -0.2) is 9.78 Å². The van der Waals surface area contributed by atoms with Gasteiger partial charge in [-0.3, -0.25) is 4.90 Å². The van der Waals surface area contributed by atoms with Crippen LogP contribution in [-0.4, -0.2) is 63.6 Å². The summed E-state index contributed by atoms with van der Waals surface area (Å²) in [7, 11) is 2.22. The number of hydrogen-bond donors (Lipinski definition) is 1. The van der Waals surface area contributed by atoms with Gasteiger partial charge >= 0.3 is 6.03 Å². The fraction of sp³-hybridized carbons (Fsp3) is 0.765. The highest BCUT2D eigenvalue weighted by atomic mass is 16.2. The summed E-state index contributed by atoms with van der Waals surface area (Å²) in [6, 6.07) is 1.93. The molecule has 3 fully saturated rings. The number of rotatable bonds is 2. The van der Waals surface area contributed by atoms with Crippen molar-refractivity contribution in [2.75, 3.05) is 20.1 Å². The molecule has 1 aliphatic carbocycles. The maximum Gasteiger partial charge on any atom is 0.317 e. The molecule has 0 unspecified atom stereocenters. The number of nitrogens with one attached hydrogen (secondary N) is 1. The molecule has 3 aliphatic rings. The molecular formula is C17H27N5O. The smallest absolute Gasteiger partial charge is 0.317 e.